The van der Waals surface area contributed by atoms with Crippen molar-refractivity contribution in [2.45, 2.75) is 25.8 Å². The third-order valence-electron chi connectivity index (χ3n) is 2.93. The number of hydrogen-bond acceptors (Lipinski definition) is 3. The second kappa shape index (κ2) is 5.39. The summed E-state index contributed by atoms with van der Waals surface area (Å²) in [6.45, 7) is 4.60. The van der Waals surface area contributed by atoms with Crippen molar-refractivity contribution in [2.75, 3.05) is 19.8 Å². The summed E-state index contributed by atoms with van der Waals surface area (Å²) in [5.74, 6) is 0.260. The summed E-state index contributed by atoms with van der Waals surface area (Å²) in [6, 6.07) is -0.0284. The molecule has 2 rings (SSSR count). The zero-order valence-corrected chi connectivity index (χ0v) is 10.7. The minimum absolute atomic E-state index is 0. The predicted octanol–water partition coefficient (Wildman–Crippen LogP) is 0.909. The minimum Gasteiger partial charge on any atom is -0.373 e. The van der Waals surface area contributed by atoms with E-state index in [4.69, 9.17) is 0 Å². The first-order chi connectivity index (χ1) is 6.79. The highest BCUT2D eigenvalue weighted by Gasteiger charge is 2.26. The summed E-state index contributed by atoms with van der Waals surface area (Å²) in [4.78, 5) is 16.0. The normalized spacial score (nSPS) is 21.1. The lowest BCUT2D eigenvalue weighted by Gasteiger charge is -2.27. The molecular weight excluding hydrogens is 258 g/mol. The molecule has 15 heavy (non-hydrogen) atoms. The summed E-state index contributed by atoms with van der Waals surface area (Å²) < 4.78 is 0. The Kier molecular flexibility index (Phi) is 4.45. The van der Waals surface area contributed by atoms with Crippen LogP contribution in [0.25, 0.3) is 0 Å². The van der Waals surface area contributed by atoms with E-state index in [-0.39, 0.29) is 28.9 Å². The summed E-state index contributed by atoms with van der Waals surface area (Å²) in [6.07, 6.45) is 6.14. The van der Waals surface area contributed by atoms with E-state index in [1.165, 1.54) is 0 Å². The number of carbonyl (C=O) groups is 1. The van der Waals surface area contributed by atoms with Crippen LogP contribution in [0.2, 0.25) is 0 Å². The average Bonchev–Trinajstić information content (AvgIpc) is 2.87. The summed E-state index contributed by atoms with van der Waals surface area (Å²) >= 11 is 0. The molecule has 1 saturated heterocycles. The lowest BCUT2D eigenvalue weighted by atomic mass is 10.2. The molecule has 5 heteroatoms. The molecule has 1 N–H and O–H groups in total. The fourth-order valence-corrected chi connectivity index (χ4v) is 1.97. The first-order valence-corrected chi connectivity index (χ1v) is 5.23. The molecule has 0 aromatic heterocycles. The van der Waals surface area contributed by atoms with Crippen molar-refractivity contribution in [3.05, 3.63) is 12.4 Å². The van der Waals surface area contributed by atoms with Gasteiger partial charge >= 0.3 is 0 Å². The van der Waals surface area contributed by atoms with Gasteiger partial charge in [-0.1, -0.05) is 0 Å². The van der Waals surface area contributed by atoms with Gasteiger partial charge in [-0.2, -0.15) is 0 Å². The quantitative estimate of drug-likeness (QED) is 0.814. The number of rotatable bonds is 2. The second-order valence-electron chi connectivity index (χ2n) is 3.90. The van der Waals surface area contributed by atoms with Crippen LogP contribution in [0.15, 0.2) is 12.4 Å². The van der Waals surface area contributed by atoms with Crippen LogP contribution >= 0.6 is 17.0 Å². The largest absolute Gasteiger partial charge is 0.373 e. The standard InChI is InChI=1S/C10H17N3O.BrH/c1-9(13-7-4-11-8-13)10(14)12-5-2-3-6-12;/h4,7,9,11H,2-3,5-6,8H2,1H3;1H. The molecule has 1 atom stereocenters. The van der Waals surface area contributed by atoms with E-state index in [0.717, 1.165) is 32.6 Å². The number of carbonyl (C=O) groups excluding carboxylic acids is 1. The molecule has 2 aliphatic heterocycles. The van der Waals surface area contributed by atoms with Gasteiger partial charge in [-0.15, -0.1) is 17.0 Å². The Morgan fingerprint density at radius 1 is 1.40 bits per heavy atom. The van der Waals surface area contributed by atoms with Crippen molar-refractivity contribution in [1.29, 1.82) is 0 Å². The predicted molar refractivity (Wildman–Crippen MR) is 64.6 cm³/mol. The Morgan fingerprint density at radius 3 is 2.60 bits per heavy atom. The third kappa shape index (κ3) is 2.65. The molecule has 0 aromatic rings. The second-order valence-corrected chi connectivity index (χ2v) is 3.90. The Labute approximate surface area is 101 Å². The molecule has 1 unspecified atom stereocenters. The van der Waals surface area contributed by atoms with Crippen LogP contribution in [0.5, 0.6) is 0 Å². The van der Waals surface area contributed by atoms with Crippen LogP contribution in [0.1, 0.15) is 19.8 Å². The molecular formula is C10H18BrN3O. The molecule has 0 bridgehead atoms. The van der Waals surface area contributed by atoms with Crippen molar-refractivity contribution in [2.24, 2.45) is 0 Å². The number of amides is 1. The highest BCUT2D eigenvalue weighted by molar-refractivity contribution is 8.93. The molecule has 0 aromatic carbocycles. The van der Waals surface area contributed by atoms with Gasteiger partial charge in [-0.25, -0.2) is 0 Å². The molecule has 0 radical (unpaired) electrons. The van der Waals surface area contributed by atoms with Gasteiger partial charge in [0.15, 0.2) is 0 Å². The zero-order valence-electron chi connectivity index (χ0n) is 8.98. The van der Waals surface area contributed by atoms with Crippen LogP contribution in [-0.2, 0) is 4.79 Å². The topological polar surface area (TPSA) is 35.6 Å². The van der Waals surface area contributed by atoms with Crippen molar-refractivity contribution in [3.8, 4) is 0 Å². The Hall–Kier alpha value is -0.710. The maximum Gasteiger partial charge on any atom is 0.245 e. The van der Waals surface area contributed by atoms with Crippen molar-refractivity contribution in [3.63, 3.8) is 0 Å². The first kappa shape index (κ1) is 12.4. The average molecular weight is 276 g/mol. The Balaban J connectivity index is 0.00000112. The van der Waals surface area contributed by atoms with Gasteiger partial charge in [0.25, 0.3) is 0 Å². The molecule has 86 valence electrons. The summed E-state index contributed by atoms with van der Waals surface area (Å²) in [7, 11) is 0. The van der Waals surface area contributed by atoms with Crippen molar-refractivity contribution in [1.82, 2.24) is 15.1 Å². The molecule has 0 spiro atoms. The number of hydrogen-bond donors (Lipinski definition) is 1. The van der Waals surface area contributed by atoms with E-state index in [1.54, 1.807) is 0 Å². The molecule has 2 heterocycles. The fraction of sp³-hybridized carbons (Fsp3) is 0.700. The van der Waals surface area contributed by atoms with Crippen LogP contribution in [0, 0.1) is 0 Å². The lowest BCUT2D eigenvalue weighted by molar-refractivity contribution is -0.134. The summed E-state index contributed by atoms with van der Waals surface area (Å²) in [5.41, 5.74) is 0. The van der Waals surface area contributed by atoms with E-state index >= 15 is 0 Å². The first-order valence-electron chi connectivity index (χ1n) is 5.23. The highest BCUT2D eigenvalue weighted by atomic mass is 79.9. The Morgan fingerprint density at radius 2 is 2.07 bits per heavy atom. The molecule has 0 saturated carbocycles. The lowest BCUT2D eigenvalue weighted by Crippen LogP contribution is -2.44. The van der Waals surface area contributed by atoms with Crippen LogP contribution in [-0.4, -0.2) is 41.5 Å². The van der Waals surface area contributed by atoms with Gasteiger partial charge in [-0.3, -0.25) is 4.79 Å². The van der Waals surface area contributed by atoms with Crippen LogP contribution in [0.3, 0.4) is 0 Å². The van der Waals surface area contributed by atoms with E-state index in [2.05, 4.69) is 5.32 Å². The van der Waals surface area contributed by atoms with Crippen LogP contribution in [0.4, 0.5) is 0 Å². The third-order valence-corrected chi connectivity index (χ3v) is 2.93. The van der Waals surface area contributed by atoms with Crippen molar-refractivity contribution >= 4 is 22.9 Å². The number of nitrogens with one attached hydrogen (secondary N) is 1. The molecule has 4 nitrogen and oxygen atoms in total. The van der Waals surface area contributed by atoms with Gasteiger partial charge in [0.1, 0.15) is 6.04 Å². The van der Waals surface area contributed by atoms with Crippen molar-refractivity contribution < 1.29 is 4.79 Å². The molecule has 0 aliphatic carbocycles. The maximum atomic E-state index is 12.0. The smallest absolute Gasteiger partial charge is 0.245 e. The van der Waals surface area contributed by atoms with Gasteiger partial charge < -0.3 is 15.1 Å². The highest BCUT2D eigenvalue weighted by Crippen LogP contribution is 2.12. The van der Waals surface area contributed by atoms with E-state index < -0.39 is 0 Å². The number of nitrogens with zero attached hydrogens (tertiary/aromatic N) is 2. The summed E-state index contributed by atoms with van der Waals surface area (Å²) in [5, 5.41) is 3.07. The van der Waals surface area contributed by atoms with Gasteiger partial charge in [0.05, 0.1) is 6.67 Å². The molecule has 1 amide bonds. The van der Waals surface area contributed by atoms with Gasteiger partial charge in [0, 0.05) is 25.5 Å². The molecule has 2 aliphatic rings. The van der Waals surface area contributed by atoms with Gasteiger partial charge in [-0.05, 0) is 19.8 Å². The monoisotopic (exact) mass is 275 g/mol. The number of halogens is 1. The van der Waals surface area contributed by atoms with E-state index in [1.807, 2.05) is 29.1 Å². The van der Waals surface area contributed by atoms with E-state index in [0.29, 0.717) is 0 Å². The SMILES string of the molecule is Br.CC(C(=O)N1CCCC1)N1C=CNC1. The Bertz CT molecular complexity index is 251. The number of likely N-dealkylation sites (tertiary alicyclic amines) is 1. The van der Waals surface area contributed by atoms with Gasteiger partial charge in [0.2, 0.25) is 5.91 Å². The molecule has 1 fully saturated rings. The van der Waals surface area contributed by atoms with Crippen LogP contribution < -0.4 is 5.32 Å². The zero-order chi connectivity index (χ0) is 9.97. The van der Waals surface area contributed by atoms with E-state index in [9.17, 15) is 4.79 Å². The minimum atomic E-state index is -0.0284. The maximum absolute atomic E-state index is 12.0. The fourth-order valence-electron chi connectivity index (χ4n) is 1.97.